The fourth-order valence-corrected chi connectivity index (χ4v) is 2.90. The van der Waals surface area contributed by atoms with Gasteiger partial charge in [-0.2, -0.15) is 0 Å². The number of carbonyl (C=O) groups is 3. The molecule has 3 amide bonds. The second-order valence-corrected chi connectivity index (χ2v) is 5.93. The lowest BCUT2D eigenvalue weighted by atomic mass is 9.95. The van der Waals surface area contributed by atoms with Crippen LogP contribution in [0.15, 0.2) is 30.3 Å². The Morgan fingerprint density at radius 2 is 1.83 bits per heavy atom. The number of piperidine rings is 1. The molecule has 1 aliphatic rings. The molecule has 1 aliphatic heterocycles. The van der Waals surface area contributed by atoms with Crippen molar-refractivity contribution in [2.75, 3.05) is 13.1 Å². The number of rotatable bonds is 5. The maximum absolute atomic E-state index is 12.5. The van der Waals surface area contributed by atoms with E-state index in [1.54, 1.807) is 4.90 Å². The van der Waals surface area contributed by atoms with E-state index >= 15 is 0 Å². The molecule has 2 rings (SSSR count). The minimum Gasteiger partial charge on any atom is -0.369 e. The van der Waals surface area contributed by atoms with Crippen LogP contribution in [-0.2, 0) is 14.4 Å². The van der Waals surface area contributed by atoms with Gasteiger partial charge >= 0.3 is 0 Å². The summed E-state index contributed by atoms with van der Waals surface area (Å²) in [6, 6.07) is 9.11. The summed E-state index contributed by atoms with van der Waals surface area (Å²) in [5.74, 6) is -0.619. The lowest BCUT2D eigenvalue weighted by molar-refractivity contribution is -0.135. The molecule has 0 bridgehead atoms. The molecule has 1 aromatic rings. The summed E-state index contributed by atoms with van der Waals surface area (Å²) in [5.41, 5.74) is 6.22. The summed E-state index contributed by atoms with van der Waals surface area (Å²) in [7, 11) is 0. The first kappa shape index (κ1) is 17.0. The van der Waals surface area contributed by atoms with Crippen molar-refractivity contribution >= 4 is 17.7 Å². The van der Waals surface area contributed by atoms with Crippen LogP contribution in [0.2, 0.25) is 0 Å². The zero-order chi connectivity index (χ0) is 16.8. The number of amides is 3. The van der Waals surface area contributed by atoms with Crippen LogP contribution in [0.4, 0.5) is 0 Å². The van der Waals surface area contributed by atoms with E-state index in [9.17, 15) is 14.4 Å². The smallest absolute Gasteiger partial charge is 0.224 e. The van der Waals surface area contributed by atoms with Gasteiger partial charge in [-0.3, -0.25) is 14.4 Å². The van der Waals surface area contributed by atoms with Gasteiger partial charge in [0.15, 0.2) is 0 Å². The fraction of sp³-hybridized carbons (Fsp3) is 0.471. The van der Waals surface area contributed by atoms with E-state index < -0.39 is 0 Å². The highest BCUT2D eigenvalue weighted by Crippen LogP contribution is 2.21. The number of nitrogens with two attached hydrogens (primary N) is 1. The maximum Gasteiger partial charge on any atom is 0.224 e. The van der Waals surface area contributed by atoms with E-state index in [2.05, 4.69) is 5.32 Å². The largest absolute Gasteiger partial charge is 0.369 e. The summed E-state index contributed by atoms with van der Waals surface area (Å²) in [6.45, 7) is 2.51. The molecule has 23 heavy (non-hydrogen) atoms. The summed E-state index contributed by atoms with van der Waals surface area (Å²) < 4.78 is 0. The molecule has 0 spiro atoms. The number of carbonyl (C=O) groups excluding carboxylic acids is 3. The van der Waals surface area contributed by atoms with Gasteiger partial charge in [0.05, 0.1) is 12.5 Å². The predicted octanol–water partition coefficient (Wildman–Crippen LogP) is 0.978. The van der Waals surface area contributed by atoms with Gasteiger partial charge in [0, 0.05) is 25.9 Å². The Morgan fingerprint density at radius 1 is 1.22 bits per heavy atom. The summed E-state index contributed by atoms with van der Waals surface area (Å²) in [6.07, 6.45) is 1.43. The molecule has 0 aromatic heterocycles. The lowest BCUT2D eigenvalue weighted by Crippen LogP contribution is -2.43. The number of primary amides is 1. The topological polar surface area (TPSA) is 92.5 Å². The van der Waals surface area contributed by atoms with Crippen LogP contribution >= 0.6 is 0 Å². The zero-order valence-electron chi connectivity index (χ0n) is 13.3. The monoisotopic (exact) mass is 317 g/mol. The fourth-order valence-electron chi connectivity index (χ4n) is 2.90. The molecule has 1 heterocycles. The van der Waals surface area contributed by atoms with Crippen molar-refractivity contribution in [3.8, 4) is 0 Å². The normalized spacial score (nSPS) is 16.7. The Balaban J connectivity index is 1.98. The van der Waals surface area contributed by atoms with Crippen molar-refractivity contribution in [2.45, 2.75) is 32.2 Å². The van der Waals surface area contributed by atoms with Crippen molar-refractivity contribution in [2.24, 2.45) is 11.7 Å². The molecule has 1 aromatic carbocycles. The molecule has 0 saturated carbocycles. The molecule has 1 fully saturated rings. The number of nitrogens with zero attached hydrogens (tertiary/aromatic N) is 1. The number of likely N-dealkylation sites (tertiary alicyclic amines) is 1. The van der Waals surface area contributed by atoms with E-state index in [-0.39, 0.29) is 36.1 Å². The Labute approximate surface area is 136 Å². The second-order valence-electron chi connectivity index (χ2n) is 5.93. The average molecular weight is 317 g/mol. The van der Waals surface area contributed by atoms with Gasteiger partial charge in [-0.05, 0) is 18.4 Å². The van der Waals surface area contributed by atoms with Crippen LogP contribution in [0.25, 0.3) is 0 Å². The average Bonchev–Trinajstić information content (AvgIpc) is 2.54. The Kier molecular flexibility index (Phi) is 5.73. The third kappa shape index (κ3) is 4.81. The molecular formula is C17H23N3O3. The van der Waals surface area contributed by atoms with Crippen molar-refractivity contribution in [3.05, 3.63) is 35.9 Å². The van der Waals surface area contributed by atoms with Crippen LogP contribution in [0.3, 0.4) is 0 Å². The molecule has 0 radical (unpaired) electrons. The standard InChI is InChI=1S/C17H23N3O3/c1-12(21)19-15(13-5-3-2-4-6-13)11-16(22)20-9-7-14(8-10-20)17(18)23/h2-6,14-15H,7-11H2,1H3,(H2,18,23)(H,19,21). The van der Waals surface area contributed by atoms with Gasteiger partial charge in [0.2, 0.25) is 17.7 Å². The Morgan fingerprint density at radius 3 is 2.35 bits per heavy atom. The number of hydrogen-bond acceptors (Lipinski definition) is 3. The summed E-state index contributed by atoms with van der Waals surface area (Å²) >= 11 is 0. The minimum atomic E-state index is -0.338. The van der Waals surface area contributed by atoms with Crippen molar-refractivity contribution in [1.82, 2.24) is 10.2 Å². The first-order valence-corrected chi connectivity index (χ1v) is 7.86. The van der Waals surface area contributed by atoms with Crippen LogP contribution in [0.1, 0.15) is 37.8 Å². The lowest BCUT2D eigenvalue weighted by Gasteiger charge is -2.31. The second kappa shape index (κ2) is 7.76. The molecule has 1 saturated heterocycles. The van der Waals surface area contributed by atoms with Gasteiger partial charge in [-0.1, -0.05) is 30.3 Å². The zero-order valence-corrected chi connectivity index (χ0v) is 13.3. The van der Waals surface area contributed by atoms with Crippen LogP contribution in [0, 0.1) is 5.92 Å². The van der Waals surface area contributed by atoms with Gasteiger partial charge < -0.3 is 16.0 Å². The van der Waals surface area contributed by atoms with E-state index in [1.807, 2.05) is 30.3 Å². The van der Waals surface area contributed by atoms with Crippen LogP contribution in [-0.4, -0.2) is 35.7 Å². The molecule has 6 heteroatoms. The third-order valence-corrected chi connectivity index (χ3v) is 4.21. The first-order valence-electron chi connectivity index (χ1n) is 7.86. The van der Waals surface area contributed by atoms with Gasteiger partial charge in [-0.25, -0.2) is 0 Å². The SMILES string of the molecule is CC(=O)NC(CC(=O)N1CCC(C(N)=O)CC1)c1ccccc1. The first-order chi connectivity index (χ1) is 11.0. The van der Waals surface area contributed by atoms with Crippen LogP contribution in [0.5, 0.6) is 0 Å². The highest BCUT2D eigenvalue weighted by Gasteiger charge is 2.27. The molecular weight excluding hydrogens is 294 g/mol. The predicted molar refractivity (Wildman–Crippen MR) is 86.1 cm³/mol. The maximum atomic E-state index is 12.5. The van der Waals surface area contributed by atoms with Crippen molar-refractivity contribution < 1.29 is 14.4 Å². The van der Waals surface area contributed by atoms with Gasteiger partial charge in [0.1, 0.15) is 0 Å². The molecule has 124 valence electrons. The summed E-state index contributed by atoms with van der Waals surface area (Å²) in [5, 5.41) is 2.83. The van der Waals surface area contributed by atoms with Gasteiger partial charge in [0.25, 0.3) is 0 Å². The Bertz CT molecular complexity index is 566. The van der Waals surface area contributed by atoms with Crippen molar-refractivity contribution in [1.29, 1.82) is 0 Å². The van der Waals surface area contributed by atoms with Gasteiger partial charge in [-0.15, -0.1) is 0 Å². The number of hydrogen-bond donors (Lipinski definition) is 2. The van der Waals surface area contributed by atoms with E-state index in [1.165, 1.54) is 6.92 Å². The highest BCUT2D eigenvalue weighted by molar-refractivity contribution is 5.80. The van der Waals surface area contributed by atoms with E-state index in [0.717, 1.165) is 5.56 Å². The molecule has 1 atom stereocenters. The number of benzene rings is 1. The third-order valence-electron chi connectivity index (χ3n) is 4.21. The number of nitrogens with one attached hydrogen (secondary N) is 1. The molecule has 3 N–H and O–H groups in total. The Hall–Kier alpha value is -2.37. The molecule has 0 aliphatic carbocycles. The quantitative estimate of drug-likeness (QED) is 0.848. The van der Waals surface area contributed by atoms with E-state index in [4.69, 9.17) is 5.73 Å². The summed E-state index contributed by atoms with van der Waals surface area (Å²) in [4.78, 5) is 36.8. The van der Waals surface area contributed by atoms with Crippen LogP contribution < -0.4 is 11.1 Å². The molecule has 6 nitrogen and oxygen atoms in total. The van der Waals surface area contributed by atoms with E-state index in [0.29, 0.717) is 25.9 Å². The molecule has 1 unspecified atom stereocenters. The minimum absolute atomic E-state index is 0.0180. The van der Waals surface area contributed by atoms with Crippen molar-refractivity contribution in [3.63, 3.8) is 0 Å². The highest BCUT2D eigenvalue weighted by atomic mass is 16.2.